The molecule has 0 saturated carbocycles. The lowest BCUT2D eigenvalue weighted by Crippen LogP contribution is -2.35. The Morgan fingerprint density at radius 2 is 2.05 bits per heavy atom. The van der Waals surface area contributed by atoms with Crippen molar-refractivity contribution >= 4 is 5.97 Å². The van der Waals surface area contributed by atoms with E-state index in [2.05, 4.69) is 12.2 Å². The highest BCUT2D eigenvalue weighted by molar-refractivity contribution is 5.73. The van der Waals surface area contributed by atoms with E-state index in [1.54, 1.807) is 0 Å². The molecule has 1 aromatic rings. The van der Waals surface area contributed by atoms with Gasteiger partial charge in [-0.2, -0.15) is 0 Å². The van der Waals surface area contributed by atoms with Crippen LogP contribution < -0.4 is 10.1 Å². The van der Waals surface area contributed by atoms with Crippen LogP contribution in [-0.4, -0.2) is 32.3 Å². The van der Waals surface area contributed by atoms with Gasteiger partial charge in [-0.05, 0) is 44.8 Å². The van der Waals surface area contributed by atoms with E-state index < -0.39 is 0 Å². The molecule has 0 amide bonds. The van der Waals surface area contributed by atoms with Gasteiger partial charge in [0.1, 0.15) is 5.75 Å². The van der Waals surface area contributed by atoms with Crippen molar-refractivity contribution in [2.24, 2.45) is 5.92 Å². The Bertz CT molecular complexity index is 441. The van der Waals surface area contributed by atoms with E-state index in [0.717, 1.165) is 37.2 Å². The summed E-state index contributed by atoms with van der Waals surface area (Å²) in [6.45, 7) is 4.23. The molecule has 1 aliphatic rings. The number of methoxy groups -OCH3 is 1. The third-order valence-corrected chi connectivity index (χ3v) is 3.90. The molecule has 1 atom stereocenters. The van der Waals surface area contributed by atoms with Gasteiger partial charge in [0.2, 0.25) is 0 Å². The van der Waals surface area contributed by atoms with Crippen molar-refractivity contribution in [1.29, 1.82) is 0 Å². The van der Waals surface area contributed by atoms with Gasteiger partial charge in [-0.1, -0.05) is 18.2 Å². The quantitative estimate of drug-likeness (QED) is 0.838. The topological polar surface area (TPSA) is 47.6 Å². The van der Waals surface area contributed by atoms with E-state index in [1.165, 1.54) is 7.11 Å². The molecule has 0 radical (unpaired) electrons. The number of nitrogens with one attached hydrogen (secondary N) is 1. The van der Waals surface area contributed by atoms with E-state index >= 15 is 0 Å². The summed E-state index contributed by atoms with van der Waals surface area (Å²) in [5, 5.41) is 3.36. The summed E-state index contributed by atoms with van der Waals surface area (Å²) in [6, 6.07) is 7.70. The van der Waals surface area contributed by atoms with Gasteiger partial charge in [-0.3, -0.25) is 4.79 Å². The molecule has 1 unspecified atom stereocenters. The molecule has 1 aromatic carbocycles. The number of para-hydroxylation sites is 1. The minimum absolute atomic E-state index is 0.163. The first-order valence-electron chi connectivity index (χ1n) is 7.23. The SMILES string of the molecule is COC(=O)Cc1ccccc1OC(C)C1CCNCC1. The van der Waals surface area contributed by atoms with Crippen LogP contribution in [0, 0.1) is 5.92 Å². The maximum absolute atomic E-state index is 11.4. The smallest absolute Gasteiger partial charge is 0.310 e. The van der Waals surface area contributed by atoms with E-state index in [-0.39, 0.29) is 18.5 Å². The predicted octanol–water partition coefficient (Wildman–Crippen LogP) is 2.17. The molecule has 4 nitrogen and oxygen atoms in total. The highest BCUT2D eigenvalue weighted by Crippen LogP contribution is 2.25. The Morgan fingerprint density at radius 3 is 2.75 bits per heavy atom. The molecule has 4 heteroatoms. The Morgan fingerprint density at radius 1 is 1.35 bits per heavy atom. The van der Waals surface area contributed by atoms with Crippen molar-refractivity contribution in [3.05, 3.63) is 29.8 Å². The van der Waals surface area contributed by atoms with Gasteiger partial charge in [-0.15, -0.1) is 0 Å². The monoisotopic (exact) mass is 277 g/mol. The van der Waals surface area contributed by atoms with Crippen LogP contribution in [0.3, 0.4) is 0 Å². The molecule has 0 bridgehead atoms. The van der Waals surface area contributed by atoms with Crippen LogP contribution in [0.15, 0.2) is 24.3 Å². The highest BCUT2D eigenvalue weighted by atomic mass is 16.5. The summed E-state index contributed by atoms with van der Waals surface area (Å²) in [6.07, 6.45) is 2.70. The molecule has 0 spiro atoms. The molecule has 110 valence electrons. The fourth-order valence-electron chi connectivity index (χ4n) is 2.60. The van der Waals surface area contributed by atoms with Crippen molar-refractivity contribution in [2.45, 2.75) is 32.3 Å². The summed E-state index contributed by atoms with van der Waals surface area (Å²) in [5.41, 5.74) is 0.889. The second-order valence-corrected chi connectivity index (χ2v) is 5.27. The lowest BCUT2D eigenvalue weighted by Gasteiger charge is -2.29. The molecule has 2 rings (SSSR count). The lowest BCUT2D eigenvalue weighted by atomic mass is 9.93. The van der Waals surface area contributed by atoms with Gasteiger partial charge in [0.25, 0.3) is 0 Å². The van der Waals surface area contributed by atoms with Crippen molar-refractivity contribution < 1.29 is 14.3 Å². The first kappa shape index (κ1) is 14.9. The fourth-order valence-corrected chi connectivity index (χ4v) is 2.60. The average Bonchev–Trinajstić information content (AvgIpc) is 2.50. The summed E-state index contributed by atoms with van der Waals surface area (Å²) in [5.74, 6) is 1.13. The average molecular weight is 277 g/mol. The molecule has 1 saturated heterocycles. The van der Waals surface area contributed by atoms with E-state index in [1.807, 2.05) is 24.3 Å². The molecule has 1 heterocycles. The standard InChI is InChI=1S/C16H23NO3/c1-12(13-7-9-17-10-8-13)20-15-6-4-3-5-14(15)11-16(18)19-2/h3-6,12-13,17H,7-11H2,1-2H3. The summed E-state index contributed by atoms with van der Waals surface area (Å²) < 4.78 is 10.8. The van der Waals surface area contributed by atoms with Crippen LogP contribution in [0.1, 0.15) is 25.3 Å². The third-order valence-electron chi connectivity index (χ3n) is 3.90. The van der Waals surface area contributed by atoms with Crippen LogP contribution in [0.4, 0.5) is 0 Å². The Labute approximate surface area is 120 Å². The largest absolute Gasteiger partial charge is 0.490 e. The van der Waals surface area contributed by atoms with Crippen LogP contribution in [-0.2, 0) is 16.0 Å². The minimum Gasteiger partial charge on any atom is -0.490 e. The van der Waals surface area contributed by atoms with Crippen molar-refractivity contribution in [2.75, 3.05) is 20.2 Å². The number of ether oxygens (including phenoxy) is 2. The van der Waals surface area contributed by atoms with Crippen molar-refractivity contribution in [3.63, 3.8) is 0 Å². The fraction of sp³-hybridized carbons (Fsp3) is 0.562. The van der Waals surface area contributed by atoms with Gasteiger partial charge >= 0.3 is 5.97 Å². The number of hydrogen-bond acceptors (Lipinski definition) is 4. The molecule has 1 N–H and O–H groups in total. The third kappa shape index (κ3) is 3.97. The molecule has 0 aromatic heterocycles. The molecular formula is C16H23NO3. The molecule has 0 aliphatic carbocycles. The predicted molar refractivity (Wildman–Crippen MR) is 77.8 cm³/mol. The highest BCUT2D eigenvalue weighted by Gasteiger charge is 2.22. The first-order valence-corrected chi connectivity index (χ1v) is 7.23. The van der Waals surface area contributed by atoms with Crippen LogP contribution >= 0.6 is 0 Å². The van der Waals surface area contributed by atoms with E-state index in [9.17, 15) is 4.79 Å². The van der Waals surface area contributed by atoms with Gasteiger partial charge in [0, 0.05) is 5.56 Å². The summed E-state index contributed by atoms with van der Waals surface area (Å²) in [4.78, 5) is 11.4. The van der Waals surface area contributed by atoms with Gasteiger partial charge in [0.05, 0.1) is 19.6 Å². The van der Waals surface area contributed by atoms with Crippen molar-refractivity contribution in [3.8, 4) is 5.75 Å². The number of carbonyl (C=O) groups excluding carboxylic acids is 1. The normalized spacial score (nSPS) is 17.5. The number of hydrogen-bond donors (Lipinski definition) is 1. The molecule has 1 fully saturated rings. The molecular weight excluding hydrogens is 254 g/mol. The van der Waals surface area contributed by atoms with Crippen molar-refractivity contribution in [1.82, 2.24) is 5.32 Å². The van der Waals surface area contributed by atoms with Gasteiger partial charge < -0.3 is 14.8 Å². The number of piperidine rings is 1. The summed E-state index contributed by atoms with van der Waals surface area (Å²) in [7, 11) is 1.41. The first-order chi connectivity index (χ1) is 9.70. The molecule has 20 heavy (non-hydrogen) atoms. The Kier molecular flexibility index (Phi) is 5.41. The van der Waals surface area contributed by atoms with Crippen LogP contribution in [0.5, 0.6) is 5.75 Å². The summed E-state index contributed by atoms with van der Waals surface area (Å²) >= 11 is 0. The number of rotatable bonds is 5. The van der Waals surface area contributed by atoms with Crippen LogP contribution in [0.2, 0.25) is 0 Å². The second-order valence-electron chi connectivity index (χ2n) is 5.27. The van der Waals surface area contributed by atoms with E-state index in [4.69, 9.17) is 9.47 Å². The zero-order valence-corrected chi connectivity index (χ0v) is 12.2. The zero-order valence-electron chi connectivity index (χ0n) is 12.2. The zero-order chi connectivity index (χ0) is 14.4. The second kappa shape index (κ2) is 7.29. The number of carbonyl (C=O) groups is 1. The Balaban J connectivity index is 2.02. The number of esters is 1. The van der Waals surface area contributed by atoms with Gasteiger partial charge in [-0.25, -0.2) is 0 Å². The lowest BCUT2D eigenvalue weighted by molar-refractivity contribution is -0.139. The van der Waals surface area contributed by atoms with E-state index in [0.29, 0.717) is 5.92 Å². The maximum atomic E-state index is 11.4. The minimum atomic E-state index is -0.240. The Hall–Kier alpha value is -1.55. The maximum Gasteiger partial charge on any atom is 0.310 e. The number of benzene rings is 1. The van der Waals surface area contributed by atoms with Gasteiger partial charge in [0.15, 0.2) is 0 Å². The van der Waals surface area contributed by atoms with Crippen LogP contribution in [0.25, 0.3) is 0 Å². The molecule has 1 aliphatic heterocycles.